The van der Waals surface area contributed by atoms with Gasteiger partial charge in [0, 0.05) is 49.4 Å². The smallest absolute Gasteiger partial charge is 0.143 e. The van der Waals surface area contributed by atoms with E-state index >= 15 is 0 Å². The number of nitrogens with zero attached hydrogens (tertiary/aromatic N) is 2. The maximum Gasteiger partial charge on any atom is 0.143 e. The van der Waals surface area contributed by atoms with Crippen LogP contribution in [-0.2, 0) is 0 Å². The summed E-state index contributed by atoms with van der Waals surface area (Å²) in [4.78, 5) is 2.42. The molecule has 0 N–H and O–H groups in total. The molecule has 0 aliphatic carbocycles. The molecule has 0 saturated carbocycles. The van der Waals surface area contributed by atoms with Crippen molar-refractivity contribution in [2.24, 2.45) is 0 Å². The van der Waals surface area contributed by atoms with E-state index in [1.165, 1.54) is 65.6 Å². The number of hydrogen-bond acceptors (Lipinski definition) is 2. The molecule has 63 heavy (non-hydrogen) atoms. The van der Waals surface area contributed by atoms with Crippen molar-refractivity contribution < 1.29 is 4.42 Å². The molecule has 0 atom stereocenters. The van der Waals surface area contributed by atoms with Crippen molar-refractivity contribution in [2.45, 2.75) is 0 Å². The van der Waals surface area contributed by atoms with Gasteiger partial charge < -0.3 is 13.9 Å². The van der Waals surface area contributed by atoms with Gasteiger partial charge in [0.2, 0.25) is 0 Å². The maximum atomic E-state index is 6.58. The van der Waals surface area contributed by atoms with E-state index in [1.54, 1.807) is 0 Å². The van der Waals surface area contributed by atoms with Gasteiger partial charge in [0.05, 0.1) is 16.7 Å². The van der Waals surface area contributed by atoms with Crippen molar-refractivity contribution in [2.75, 3.05) is 4.90 Å². The minimum atomic E-state index is 0.890. The van der Waals surface area contributed by atoms with E-state index in [4.69, 9.17) is 4.42 Å². The first kappa shape index (κ1) is 35.4. The number of aromatic nitrogens is 1. The number of furan rings is 1. The van der Waals surface area contributed by atoms with Gasteiger partial charge in [-0.05, 0) is 104 Å². The van der Waals surface area contributed by atoms with Crippen molar-refractivity contribution in [1.82, 2.24) is 4.57 Å². The van der Waals surface area contributed by atoms with E-state index < -0.39 is 0 Å². The first-order valence-electron chi connectivity index (χ1n) is 21.6. The lowest BCUT2D eigenvalue weighted by Crippen LogP contribution is -2.10. The highest BCUT2D eigenvalue weighted by molar-refractivity contribution is 6.20. The summed E-state index contributed by atoms with van der Waals surface area (Å²) in [6, 6.07) is 83.5. The molecule has 0 saturated heterocycles. The summed E-state index contributed by atoms with van der Waals surface area (Å²) in [5.74, 6) is 0. The number of rotatable bonds is 6. The molecule has 3 heteroatoms. The number of fused-ring (bicyclic) bond motifs is 11. The summed E-state index contributed by atoms with van der Waals surface area (Å²) in [5, 5.41) is 11.8. The lowest BCUT2D eigenvalue weighted by atomic mass is 9.94. The highest BCUT2D eigenvalue weighted by Gasteiger charge is 2.21. The maximum absolute atomic E-state index is 6.58. The Hall–Kier alpha value is -8.40. The van der Waals surface area contributed by atoms with Gasteiger partial charge in [0.15, 0.2) is 0 Å². The molecule has 0 radical (unpaired) electrons. The normalized spacial score (nSPS) is 11.8. The van der Waals surface area contributed by atoms with Crippen molar-refractivity contribution in [1.29, 1.82) is 0 Å². The molecule has 11 aromatic carbocycles. The summed E-state index contributed by atoms with van der Waals surface area (Å²) in [6.07, 6.45) is 0. The van der Waals surface area contributed by atoms with E-state index in [0.29, 0.717) is 0 Å². The number of para-hydroxylation sites is 3. The van der Waals surface area contributed by atoms with E-state index in [0.717, 1.165) is 55.5 Å². The first-order valence-corrected chi connectivity index (χ1v) is 21.6. The summed E-state index contributed by atoms with van der Waals surface area (Å²) in [5.41, 5.74) is 13.4. The monoisotopic (exact) mass is 802 g/mol. The molecule has 0 spiro atoms. The zero-order valence-corrected chi connectivity index (χ0v) is 34.2. The van der Waals surface area contributed by atoms with Crippen LogP contribution in [0, 0.1) is 0 Å². The van der Waals surface area contributed by atoms with Crippen LogP contribution in [0.25, 0.3) is 104 Å². The van der Waals surface area contributed by atoms with Crippen LogP contribution in [0.2, 0.25) is 0 Å². The molecule has 0 aliphatic heterocycles. The molecule has 0 amide bonds. The molecule has 294 valence electrons. The number of benzene rings is 11. The van der Waals surface area contributed by atoms with Crippen LogP contribution in [0.15, 0.2) is 235 Å². The Morgan fingerprint density at radius 3 is 1.59 bits per heavy atom. The fourth-order valence-corrected chi connectivity index (χ4v) is 10.1. The molecule has 0 unspecified atom stereocenters. The van der Waals surface area contributed by atoms with Crippen LogP contribution in [0.3, 0.4) is 0 Å². The van der Waals surface area contributed by atoms with Crippen LogP contribution >= 0.6 is 0 Å². The summed E-state index contributed by atoms with van der Waals surface area (Å²) in [7, 11) is 0. The molecular formula is C60H38N2O. The van der Waals surface area contributed by atoms with Crippen LogP contribution in [0.5, 0.6) is 0 Å². The van der Waals surface area contributed by atoms with Gasteiger partial charge in [-0.15, -0.1) is 0 Å². The van der Waals surface area contributed by atoms with E-state index in [1.807, 2.05) is 6.07 Å². The van der Waals surface area contributed by atoms with Crippen LogP contribution in [-0.4, -0.2) is 4.57 Å². The Bertz CT molecular complexity index is 3860. The highest BCUT2D eigenvalue weighted by atomic mass is 16.3. The third-order valence-electron chi connectivity index (χ3n) is 13.0. The minimum Gasteiger partial charge on any atom is -0.455 e. The summed E-state index contributed by atoms with van der Waals surface area (Å²) < 4.78 is 8.97. The minimum absolute atomic E-state index is 0.890. The summed E-state index contributed by atoms with van der Waals surface area (Å²) in [6.45, 7) is 0. The Morgan fingerprint density at radius 2 is 0.873 bits per heavy atom. The molecule has 13 rings (SSSR count). The van der Waals surface area contributed by atoms with E-state index in [-0.39, 0.29) is 0 Å². The Balaban J connectivity index is 0.986. The van der Waals surface area contributed by atoms with Gasteiger partial charge in [-0.2, -0.15) is 0 Å². The Morgan fingerprint density at radius 1 is 0.333 bits per heavy atom. The average Bonchev–Trinajstić information content (AvgIpc) is 3.90. The van der Waals surface area contributed by atoms with Gasteiger partial charge in [0.1, 0.15) is 11.2 Å². The van der Waals surface area contributed by atoms with Crippen molar-refractivity contribution >= 4 is 93.1 Å². The molecule has 3 nitrogen and oxygen atoms in total. The lowest BCUT2D eigenvalue weighted by molar-refractivity contribution is 0.672. The topological polar surface area (TPSA) is 21.3 Å². The first-order chi connectivity index (χ1) is 31.2. The third-order valence-corrected chi connectivity index (χ3v) is 13.0. The largest absolute Gasteiger partial charge is 0.455 e. The number of anilines is 3. The predicted molar refractivity (Wildman–Crippen MR) is 266 cm³/mol. The fraction of sp³-hybridized carbons (Fsp3) is 0. The molecule has 2 heterocycles. The molecule has 13 aromatic rings. The average molecular weight is 803 g/mol. The second-order valence-corrected chi connectivity index (χ2v) is 16.5. The summed E-state index contributed by atoms with van der Waals surface area (Å²) >= 11 is 0. The Kier molecular flexibility index (Phi) is 7.91. The second kappa shape index (κ2) is 14.1. The standard InChI is InChI=1S/C60H38N2O/c1-2-14-39(15-3-1)46-16-4-5-17-47(46)40-28-30-43(31-29-40)61(58-38-55-53-21-10-13-25-59(53)63-60(55)54-22-7-6-20-52(54)58)44-32-34-48-41(36-44)26-27-42-37-45(33-35-49(42)48)62-56-23-11-8-18-50(56)51-19-9-12-24-57(51)62/h1-38H. The second-order valence-electron chi connectivity index (χ2n) is 16.5. The zero-order chi connectivity index (χ0) is 41.4. The van der Waals surface area contributed by atoms with Gasteiger partial charge in [-0.3, -0.25) is 0 Å². The van der Waals surface area contributed by atoms with E-state index in [2.05, 4.69) is 234 Å². The van der Waals surface area contributed by atoms with Crippen LogP contribution in [0.4, 0.5) is 17.1 Å². The molecular weight excluding hydrogens is 765 g/mol. The predicted octanol–water partition coefficient (Wildman–Crippen LogP) is 16.9. The third kappa shape index (κ3) is 5.60. The van der Waals surface area contributed by atoms with Gasteiger partial charge in [-0.1, -0.05) is 170 Å². The molecule has 0 bridgehead atoms. The molecule has 0 fully saturated rings. The lowest BCUT2D eigenvalue weighted by Gasteiger charge is -2.28. The highest BCUT2D eigenvalue weighted by Crippen LogP contribution is 2.46. The fourth-order valence-electron chi connectivity index (χ4n) is 10.1. The number of hydrogen-bond donors (Lipinski definition) is 0. The van der Waals surface area contributed by atoms with Crippen LogP contribution in [0.1, 0.15) is 0 Å². The van der Waals surface area contributed by atoms with Gasteiger partial charge >= 0.3 is 0 Å². The molecule has 2 aromatic heterocycles. The zero-order valence-electron chi connectivity index (χ0n) is 34.2. The quantitative estimate of drug-likeness (QED) is 0.156. The van der Waals surface area contributed by atoms with Crippen LogP contribution < -0.4 is 4.90 Å². The Labute approximate surface area is 363 Å². The van der Waals surface area contributed by atoms with Crippen molar-refractivity contribution in [3.8, 4) is 27.9 Å². The van der Waals surface area contributed by atoms with Gasteiger partial charge in [-0.25, -0.2) is 0 Å². The molecule has 0 aliphatic rings. The van der Waals surface area contributed by atoms with Crippen molar-refractivity contribution in [3.63, 3.8) is 0 Å². The van der Waals surface area contributed by atoms with E-state index in [9.17, 15) is 0 Å². The van der Waals surface area contributed by atoms with Gasteiger partial charge in [0.25, 0.3) is 0 Å². The van der Waals surface area contributed by atoms with Crippen molar-refractivity contribution in [3.05, 3.63) is 231 Å². The SMILES string of the molecule is c1ccc(-c2ccccc2-c2ccc(N(c3ccc4c(ccc5cc(-n6c7ccccc7c7ccccc76)ccc54)c3)c3cc4c5ccccc5oc4c4ccccc34)cc2)cc1.